The van der Waals surface area contributed by atoms with E-state index in [1.165, 1.54) is 0 Å². The van der Waals surface area contributed by atoms with Crippen LogP contribution in [0.3, 0.4) is 0 Å². The number of benzene rings is 2. The number of nitrogens with one attached hydrogen (secondary N) is 5. The maximum Gasteiger partial charge on any atom is 0.326 e. The molecule has 3 aromatic rings. The average Bonchev–Trinajstić information content (AvgIpc) is 3.63. The molecule has 0 bridgehead atoms. The third-order valence-corrected chi connectivity index (χ3v) is 7.35. The second-order valence-electron chi connectivity index (χ2n) is 11.1. The highest BCUT2D eigenvalue weighted by Crippen LogP contribution is 2.20. The van der Waals surface area contributed by atoms with Gasteiger partial charge in [-0.1, -0.05) is 62.4 Å². The molecule has 1 saturated heterocycles. The van der Waals surface area contributed by atoms with Crippen LogP contribution in [0.2, 0.25) is 0 Å². The lowest BCUT2D eigenvalue weighted by atomic mass is 10.00. The van der Waals surface area contributed by atoms with E-state index >= 15 is 0 Å². The first-order valence-electron chi connectivity index (χ1n) is 14.2. The predicted octanol–water partition coefficient (Wildman–Crippen LogP) is 2.29. The van der Waals surface area contributed by atoms with Crippen LogP contribution < -0.4 is 21.3 Å². The van der Waals surface area contributed by atoms with Gasteiger partial charge in [-0.3, -0.25) is 14.4 Å². The first kappa shape index (κ1) is 29.8. The fourth-order valence-electron chi connectivity index (χ4n) is 5.21. The van der Waals surface area contributed by atoms with Gasteiger partial charge in [0.25, 0.3) is 0 Å². The molecule has 1 aromatic heterocycles. The first-order valence-corrected chi connectivity index (χ1v) is 14.2. The number of aromatic nitrogens is 1. The van der Waals surface area contributed by atoms with E-state index in [2.05, 4.69) is 26.3 Å². The molecular weight excluding hydrogens is 522 g/mol. The van der Waals surface area contributed by atoms with Gasteiger partial charge in [-0.05, 0) is 48.9 Å². The number of fused-ring (bicyclic) bond motifs is 1. The number of carbonyl (C=O) groups is 4. The van der Waals surface area contributed by atoms with Crippen molar-refractivity contribution in [1.29, 1.82) is 0 Å². The van der Waals surface area contributed by atoms with E-state index in [0.29, 0.717) is 12.8 Å². The Balaban J connectivity index is 1.55. The van der Waals surface area contributed by atoms with E-state index in [4.69, 9.17) is 0 Å². The normalized spacial score (nSPS) is 17.1. The number of carbonyl (C=O) groups excluding carboxylic acids is 3. The van der Waals surface area contributed by atoms with Gasteiger partial charge in [-0.15, -0.1) is 0 Å². The lowest BCUT2D eigenvalue weighted by molar-refractivity contribution is -0.142. The second-order valence-corrected chi connectivity index (χ2v) is 11.1. The highest BCUT2D eigenvalue weighted by molar-refractivity contribution is 5.95. The molecule has 1 aliphatic heterocycles. The molecule has 218 valence electrons. The predicted molar refractivity (Wildman–Crippen MR) is 156 cm³/mol. The summed E-state index contributed by atoms with van der Waals surface area (Å²) in [5.41, 5.74) is 2.45. The van der Waals surface area contributed by atoms with Crippen molar-refractivity contribution in [1.82, 2.24) is 26.3 Å². The van der Waals surface area contributed by atoms with E-state index < -0.39 is 35.9 Å². The summed E-state index contributed by atoms with van der Waals surface area (Å²) in [5.74, 6) is -2.41. The Hall–Kier alpha value is -4.18. The van der Waals surface area contributed by atoms with Gasteiger partial charge in [0.2, 0.25) is 17.7 Å². The Labute approximate surface area is 239 Å². The van der Waals surface area contributed by atoms with Gasteiger partial charge < -0.3 is 31.4 Å². The standard InChI is InChI=1S/C31H39N5O5/c1-19(2)15-25(34-28(37)24-13-8-14-32-24)29(38)35-26(17-21-18-33-23-12-7-6-11-22(21)23)30(39)36-27(31(40)41)16-20-9-4-3-5-10-20/h3-7,9-12,18-19,24-27,32-33H,8,13-17H2,1-2H3,(H,34,37)(H,35,38)(H,36,39)(H,40,41). The van der Waals surface area contributed by atoms with Gasteiger partial charge in [0.1, 0.15) is 18.1 Å². The summed E-state index contributed by atoms with van der Waals surface area (Å²) < 4.78 is 0. The number of hydrogen-bond donors (Lipinski definition) is 6. The minimum atomic E-state index is -1.19. The lowest BCUT2D eigenvalue weighted by Gasteiger charge is -2.26. The van der Waals surface area contributed by atoms with Crippen LogP contribution in [0.5, 0.6) is 0 Å². The van der Waals surface area contributed by atoms with Crippen molar-refractivity contribution >= 4 is 34.6 Å². The van der Waals surface area contributed by atoms with Crippen LogP contribution >= 0.6 is 0 Å². The van der Waals surface area contributed by atoms with Crippen LogP contribution in [-0.4, -0.2) is 64.5 Å². The monoisotopic (exact) mass is 561 g/mol. The van der Waals surface area contributed by atoms with E-state index in [1.807, 2.05) is 44.2 Å². The summed E-state index contributed by atoms with van der Waals surface area (Å²) in [5, 5.41) is 22.3. The van der Waals surface area contributed by atoms with E-state index in [-0.39, 0.29) is 30.7 Å². The number of amides is 3. The largest absolute Gasteiger partial charge is 0.480 e. The smallest absolute Gasteiger partial charge is 0.326 e. The highest BCUT2D eigenvalue weighted by atomic mass is 16.4. The second kappa shape index (κ2) is 13.9. The van der Waals surface area contributed by atoms with Crippen molar-refractivity contribution in [2.45, 2.75) is 70.1 Å². The molecule has 4 atom stereocenters. The van der Waals surface area contributed by atoms with Gasteiger partial charge in [-0.25, -0.2) is 4.79 Å². The number of carboxylic acids is 1. The number of hydrogen-bond acceptors (Lipinski definition) is 5. The van der Waals surface area contributed by atoms with Gasteiger partial charge in [0.05, 0.1) is 6.04 Å². The molecule has 41 heavy (non-hydrogen) atoms. The van der Waals surface area contributed by atoms with Crippen LogP contribution in [0, 0.1) is 5.92 Å². The zero-order valence-corrected chi connectivity index (χ0v) is 23.5. The van der Waals surface area contributed by atoms with Crippen LogP contribution in [0.4, 0.5) is 0 Å². The molecule has 3 amide bonds. The third kappa shape index (κ3) is 8.17. The van der Waals surface area contributed by atoms with Crippen molar-refractivity contribution in [2.75, 3.05) is 6.54 Å². The van der Waals surface area contributed by atoms with Crippen molar-refractivity contribution in [3.63, 3.8) is 0 Å². The molecule has 0 radical (unpaired) electrons. The van der Waals surface area contributed by atoms with Gasteiger partial charge in [-0.2, -0.15) is 0 Å². The fourth-order valence-corrected chi connectivity index (χ4v) is 5.21. The molecule has 4 rings (SSSR count). The Morgan fingerprint density at radius 1 is 0.878 bits per heavy atom. The summed E-state index contributed by atoms with van der Waals surface area (Å²) in [6.07, 6.45) is 3.99. The SMILES string of the molecule is CC(C)CC(NC(=O)C1CCCN1)C(=O)NC(Cc1c[nH]c2ccccc12)C(=O)NC(Cc1ccccc1)C(=O)O. The summed E-state index contributed by atoms with van der Waals surface area (Å²) >= 11 is 0. The number of H-pyrrole nitrogens is 1. The number of aromatic amines is 1. The number of aliphatic carboxylic acids is 1. The first-order chi connectivity index (χ1) is 19.7. The van der Waals surface area contributed by atoms with Crippen LogP contribution in [0.25, 0.3) is 10.9 Å². The fraction of sp³-hybridized carbons (Fsp3) is 0.419. The number of rotatable bonds is 13. The minimum absolute atomic E-state index is 0.0933. The van der Waals surface area contributed by atoms with Crippen molar-refractivity contribution in [3.8, 4) is 0 Å². The van der Waals surface area contributed by atoms with Crippen LogP contribution in [0.15, 0.2) is 60.8 Å². The lowest BCUT2D eigenvalue weighted by Crippen LogP contribution is -2.58. The third-order valence-electron chi connectivity index (χ3n) is 7.35. The molecule has 10 heteroatoms. The molecule has 0 aliphatic carbocycles. The van der Waals surface area contributed by atoms with E-state index in [1.54, 1.807) is 30.5 Å². The molecule has 2 aromatic carbocycles. The minimum Gasteiger partial charge on any atom is -0.480 e. The molecule has 4 unspecified atom stereocenters. The number of para-hydroxylation sites is 1. The van der Waals surface area contributed by atoms with Crippen LogP contribution in [-0.2, 0) is 32.0 Å². The molecule has 10 nitrogen and oxygen atoms in total. The summed E-state index contributed by atoms with van der Waals surface area (Å²) in [6.45, 7) is 4.66. The van der Waals surface area contributed by atoms with E-state index in [0.717, 1.165) is 35.0 Å². The Morgan fingerprint density at radius 2 is 1.56 bits per heavy atom. The number of carboxylic acid groups (broad SMARTS) is 1. The van der Waals surface area contributed by atoms with Crippen molar-refractivity contribution in [2.24, 2.45) is 5.92 Å². The zero-order valence-electron chi connectivity index (χ0n) is 23.5. The Kier molecular flexibility index (Phi) is 10.1. The molecule has 0 spiro atoms. The Morgan fingerprint density at radius 3 is 2.24 bits per heavy atom. The highest BCUT2D eigenvalue weighted by Gasteiger charge is 2.32. The van der Waals surface area contributed by atoms with Gasteiger partial charge in [0, 0.05) is 29.9 Å². The van der Waals surface area contributed by atoms with Crippen LogP contribution in [0.1, 0.15) is 44.2 Å². The molecule has 6 N–H and O–H groups in total. The topological polar surface area (TPSA) is 152 Å². The quantitative estimate of drug-likeness (QED) is 0.188. The zero-order chi connectivity index (χ0) is 29.4. The molecule has 0 saturated carbocycles. The van der Waals surface area contributed by atoms with E-state index in [9.17, 15) is 24.3 Å². The molecule has 1 aliphatic rings. The van der Waals surface area contributed by atoms with Gasteiger partial charge >= 0.3 is 5.97 Å². The maximum atomic E-state index is 13.6. The maximum absolute atomic E-state index is 13.6. The molecule has 2 heterocycles. The Bertz CT molecular complexity index is 1350. The van der Waals surface area contributed by atoms with Gasteiger partial charge in [0.15, 0.2) is 0 Å². The average molecular weight is 562 g/mol. The molecule has 1 fully saturated rings. The summed E-state index contributed by atoms with van der Waals surface area (Å²) in [4.78, 5) is 55.4. The summed E-state index contributed by atoms with van der Waals surface area (Å²) in [7, 11) is 0. The molecular formula is C31H39N5O5. The summed E-state index contributed by atoms with van der Waals surface area (Å²) in [6, 6.07) is 13.2. The van der Waals surface area contributed by atoms with Crippen molar-refractivity contribution in [3.05, 3.63) is 71.9 Å². The van der Waals surface area contributed by atoms with Crippen molar-refractivity contribution < 1.29 is 24.3 Å².